The SMILES string of the molecule is CCCCCCCOc1ccc(-c2cnc(-c3ccc(C[C@H](NC(=O)OCc4ccccc4)C(=O)N4CC(C(=O)OC(C)(C)C)C4)cc3)nc2)cc1. The molecule has 1 fully saturated rings. The first-order valence-electron chi connectivity index (χ1n) is 18.2. The van der Waals surface area contributed by atoms with Crippen LogP contribution in [0.15, 0.2) is 91.3 Å². The zero-order valence-corrected chi connectivity index (χ0v) is 30.7. The van der Waals surface area contributed by atoms with Crippen molar-refractivity contribution < 1.29 is 28.6 Å². The Morgan fingerprint density at radius 2 is 1.46 bits per heavy atom. The van der Waals surface area contributed by atoms with Crippen molar-refractivity contribution in [1.82, 2.24) is 20.2 Å². The first-order chi connectivity index (χ1) is 25.1. The molecule has 2 amide bonds. The van der Waals surface area contributed by atoms with E-state index in [4.69, 9.17) is 14.2 Å². The van der Waals surface area contributed by atoms with Crippen LogP contribution >= 0.6 is 0 Å². The van der Waals surface area contributed by atoms with Crippen LogP contribution in [-0.4, -0.2) is 64.2 Å². The molecule has 1 aliphatic rings. The van der Waals surface area contributed by atoms with Gasteiger partial charge >= 0.3 is 12.1 Å². The number of alkyl carbamates (subject to hydrolysis) is 1. The van der Waals surface area contributed by atoms with Crippen LogP contribution in [0.1, 0.15) is 70.9 Å². The predicted molar refractivity (Wildman–Crippen MR) is 200 cm³/mol. The molecule has 0 radical (unpaired) electrons. The molecule has 0 bridgehead atoms. The smallest absolute Gasteiger partial charge is 0.408 e. The first-order valence-corrected chi connectivity index (χ1v) is 18.2. The minimum atomic E-state index is -0.896. The molecule has 1 aromatic heterocycles. The lowest BCUT2D eigenvalue weighted by Gasteiger charge is -2.40. The summed E-state index contributed by atoms with van der Waals surface area (Å²) in [5.41, 5.74) is 3.77. The van der Waals surface area contributed by atoms with Gasteiger partial charge in [0.25, 0.3) is 0 Å². The monoisotopic (exact) mass is 706 g/mol. The molecule has 1 saturated heterocycles. The number of rotatable bonds is 16. The maximum absolute atomic E-state index is 13.6. The summed E-state index contributed by atoms with van der Waals surface area (Å²) in [6.07, 6.45) is 9.16. The molecule has 0 unspecified atom stereocenters. The number of carbonyl (C=O) groups is 3. The summed E-state index contributed by atoms with van der Waals surface area (Å²) < 4.78 is 16.8. The second-order valence-electron chi connectivity index (χ2n) is 14.2. The number of likely N-dealkylation sites (tertiary alicyclic amines) is 1. The number of carbonyl (C=O) groups excluding carboxylic acids is 3. The number of benzene rings is 3. The average Bonchev–Trinajstić information content (AvgIpc) is 3.11. The molecule has 4 aromatic rings. The van der Waals surface area contributed by atoms with Crippen LogP contribution in [0.4, 0.5) is 4.79 Å². The number of nitrogens with zero attached hydrogens (tertiary/aromatic N) is 3. The van der Waals surface area contributed by atoms with E-state index < -0.39 is 23.7 Å². The van der Waals surface area contributed by atoms with Crippen LogP contribution in [0, 0.1) is 5.92 Å². The number of unbranched alkanes of at least 4 members (excludes halogenated alkanes) is 4. The summed E-state index contributed by atoms with van der Waals surface area (Å²) in [7, 11) is 0. The zero-order chi connectivity index (χ0) is 36.9. The van der Waals surface area contributed by atoms with Gasteiger partial charge in [-0.2, -0.15) is 0 Å². The van der Waals surface area contributed by atoms with Gasteiger partial charge in [-0.15, -0.1) is 0 Å². The average molecular weight is 707 g/mol. The Hall–Kier alpha value is -5.25. The third kappa shape index (κ3) is 11.4. The number of hydrogen-bond donors (Lipinski definition) is 1. The Labute approximate surface area is 306 Å². The van der Waals surface area contributed by atoms with Crippen molar-refractivity contribution >= 4 is 18.0 Å². The van der Waals surface area contributed by atoms with E-state index in [9.17, 15) is 14.4 Å². The maximum atomic E-state index is 13.6. The lowest BCUT2D eigenvalue weighted by Crippen LogP contribution is -2.59. The van der Waals surface area contributed by atoms with Crippen molar-refractivity contribution in [1.29, 1.82) is 0 Å². The van der Waals surface area contributed by atoms with Crippen molar-refractivity contribution in [2.24, 2.45) is 5.92 Å². The lowest BCUT2D eigenvalue weighted by molar-refractivity contribution is -0.168. The summed E-state index contributed by atoms with van der Waals surface area (Å²) in [6.45, 7) is 8.91. The van der Waals surface area contributed by atoms with E-state index in [-0.39, 0.29) is 38.0 Å². The summed E-state index contributed by atoms with van der Waals surface area (Å²) in [5.74, 6) is 0.405. The second kappa shape index (κ2) is 18.3. The molecular weight excluding hydrogens is 656 g/mol. The zero-order valence-electron chi connectivity index (χ0n) is 30.7. The topological polar surface area (TPSA) is 120 Å². The highest BCUT2D eigenvalue weighted by Gasteiger charge is 2.40. The van der Waals surface area contributed by atoms with Gasteiger partial charge in [-0.25, -0.2) is 14.8 Å². The van der Waals surface area contributed by atoms with Gasteiger partial charge in [-0.1, -0.05) is 99.3 Å². The van der Waals surface area contributed by atoms with E-state index in [0.717, 1.165) is 46.6 Å². The first kappa shape index (κ1) is 38.0. The van der Waals surface area contributed by atoms with E-state index in [2.05, 4.69) is 22.2 Å². The van der Waals surface area contributed by atoms with E-state index in [1.165, 1.54) is 25.7 Å². The quantitative estimate of drug-likeness (QED) is 0.0926. The van der Waals surface area contributed by atoms with Gasteiger partial charge in [0.05, 0.1) is 12.5 Å². The third-order valence-corrected chi connectivity index (χ3v) is 8.74. The van der Waals surface area contributed by atoms with E-state index >= 15 is 0 Å². The number of esters is 1. The van der Waals surface area contributed by atoms with Crippen LogP contribution in [0.3, 0.4) is 0 Å². The van der Waals surface area contributed by atoms with Gasteiger partial charge in [0, 0.05) is 43.0 Å². The van der Waals surface area contributed by atoms with Crippen LogP contribution in [0.2, 0.25) is 0 Å². The summed E-state index contributed by atoms with van der Waals surface area (Å²) in [4.78, 5) is 49.8. The van der Waals surface area contributed by atoms with E-state index in [1.54, 1.807) is 17.3 Å². The highest BCUT2D eigenvalue weighted by Crippen LogP contribution is 2.25. The summed E-state index contributed by atoms with van der Waals surface area (Å²) in [5, 5.41) is 2.76. The van der Waals surface area contributed by atoms with E-state index in [0.29, 0.717) is 5.82 Å². The van der Waals surface area contributed by atoms with Crippen molar-refractivity contribution in [3.63, 3.8) is 0 Å². The molecule has 3 aromatic carbocycles. The molecule has 1 aliphatic heterocycles. The van der Waals surface area contributed by atoms with Crippen LogP contribution < -0.4 is 10.1 Å². The standard InChI is InChI=1S/C42H50N4O6/c1-5-6-7-8-12-23-50-36-21-19-32(20-22-36)34-25-43-38(44-26-34)33-17-15-30(16-18-33)24-37(45-41(49)51-29-31-13-10-9-11-14-31)39(47)46-27-35(28-46)40(48)52-42(2,3)4/h9-11,13-22,25-26,35,37H,5-8,12,23-24,27-29H2,1-4H3,(H,45,49)/t37-/m0/s1. The summed E-state index contributed by atoms with van der Waals surface area (Å²) in [6, 6.07) is 24.0. The number of aromatic nitrogens is 2. The molecular formula is C42H50N4O6. The molecule has 274 valence electrons. The molecule has 0 saturated carbocycles. The highest BCUT2D eigenvalue weighted by atomic mass is 16.6. The molecule has 1 N–H and O–H groups in total. The third-order valence-electron chi connectivity index (χ3n) is 8.74. The Kier molecular flexibility index (Phi) is 13.4. The molecule has 10 nitrogen and oxygen atoms in total. The molecule has 0 spiro atoms. The Balaban J connectivity index is 1.18. The normalized spacial score (nSPS) is 13.5. The molecule has 5 rings (SSSR count). The van der Waals surface area contributed by atoms with Crippen LogP contribution in [-0.2, 0) is 32.1 Å². The van der Waals surface area contributed by atoms with Crippen molar-refractivity contribution in [2.75, 3.05) is 19.7 Å². The molecule has 2 heterocycles. The molecule has 52 heavy (non-hydrogen) atoms. The Morgan fingerprint density at radius 1 is 0.808 bits per heavy atom. The van der Waals surface area contributed by atoms with Gasteiger partial charge in [0.15, 0.2) is 5.82 Å². The van der Waals surface area contributed by atoms with Crippen LogP contribution in [0.5, 0.6) is 5.75 Å². The second-order valence-corrected chi connectivity index (χ2v) is 14.2. The minimum absolute atomic E-state index is 0.0739. The highest BCUT2D eigenvalue weighted by molar-refractivity contribution is 5.88. The molecule has 0 aliphatic carbocycles. The predicted octanol–water partition coefficient (Wildman–Crippen LogP) is 7.80. The fourth-order valence-corrected chi connectivity index (χ4v) is 5.81. The lowest BCUT2D eigenvalue weighted by atomic mass is 9.96. The van der Waals surface area contributed by atoms with E-state index in [1.807, 2.05) is 99.6 Å². The molecule has 1 atom stereocenters. The fourth-order valence-electron chi connectivity index (χ4n) is 5.81. The Bertz CT molecular complexity index is 1730. The molecule has 10 heteroatoms. The van der Waals surface area contributed by atoms with Gasteiger partial charge in [-0.3, -0.25) is 9.59 Å². The van der Waals surface area contributed by atoms with Crippen molar-refractivity contribution in [2.45, 2.75) is 84.5 Å². The summed E-state index contributed by atoms with van der Waals surface area (Å²) >= 11 is 0. The number of ether oxygens (including phenoxy) is 3. The Morgan fingerprint density at radius 3 is 2.12 bits per heavy atom. The van der Waals surface area contributed by atoms with Gasteiger partial charge in [0.1, 0.15) is 24.0 Å². The largest absolute Gasteiger partial charge is 0.494 e. The van der Waals surface area contributed by atoms with Crippen molar-refractivity contribution in [3.05, 3.63) is 102 Å². The number of nitrogens with one attached hydrogen (secondary N) is 1. The maximum Gasteiger partial charge on any atom is 0.408 e. The van der Waals surface area contributed by atoms with Crippen molar-refractivity contribution in [3.8, 4) is 28.3 Å². The van der Waals surface area contributed by atoms with Gasteiger partial charge in [0.2, 0.25) is 5.91 Å². The van der Waals surface area contributed by atoms with Gasteiger partial charge in [-0.05, 0) is 56.0 Å². The minimum Gasteiger partial charge on any atom is -0.494 e. The fraction of sp³-hybridized carbons (Fsp3) is 0.405. The number of hydrogen-bond acceptors (Lipinski definition) is 8. The van der Waals surface area contributed by atoms with Gasteiger partial charge < -0.3 is 24.4 Å². The van der Waals surface area contributed by atoms with Crippen LogP contribution in [0.25, 0.3) is 22.5 Å². The number of amides is 2.